The number of rotatable bonds is 9. The van der Waals surface area contributed by atoms with Crippen LogP contribution < -0.4 is 0 Å². The minimum absolute atomic E-state index is 0.0324. The van der Waals surface area contributed by atoms with Crippen molar-refractivity contribution >= 4 is 53.7 Å². The van der Waals surface area contributed by atoms with E-state index in [0.717, 1.165) is 19.3 Å². The number of carbonyl (C=O) groups excluding carboxylic acids is 2. The van der Waals surface area contributed by atoms with E-state index >= 15 is 0 Å². The van der Waals surface area contributed by atoms with Crippen molar-refractivity contribution in [2.75, 3.05) is 0 Å². The highest BCUT2D eigenvalue weighted by Crippen LogP contribution is 2.47. The summed E-state index contributed by atoms with van der Waals surface area (Å²) >= 11 is 2.32. The second-order valence-corrected chi connectivity index (χ2v) is 31.8. The summed E-state index contributed by atoms with van der Waals surface area (Å²) in [6, 6.07) is 0. The predicted molar refractivity (Wildman–Crippen MR) is 191 cm³/mol. The molecular weight excluding hydrogens is 708 g/mol. The molecule has 1 unspecified atom stereocenters. The van der Waals surface area contributed by atoms with Crippen molar-refractivity contribution in [1.82, 2.24) is 0 Å². The third kappa shape index (κ3) is 10.7. The van der Waals surface area contributed by atoms with Crippen LogP contribution in [0.25, 0.3) is 0 Å². The molecule has 43 heavy (non-hydrogen) atoms. The Balaban J connectivity index is 0.00000295. The monoisotopic (exact) mass is 770 g/mol. The van der Waals surface area contributed by atoms with Gasteiger partial charge in [0, 0.05) is 0 Å². The molecule has 7 nitrogen and oxygen atoms in total. The molecule has 0 bridgehead atoms. The average molecular weight is 771 g/mol. The molecular formula is C32H63IO7Si3. The summed E-state index contributed by atoms with van der Waals surface area (Å²) in [4.78, 5) is 16.2. The number of halogens is 1. The van der Waals surface area contributed by atoms with E-state index in [1.165, 1.54) is 0 Å². The molecule has 11 heteroatoms. The Morgan fingerprint density at radius 2 is 1.23 bits per heavy atom. The molecule has 2 aliphatic heterocycles. The molecule has 2 heterocycles. The molecule has 2 saturated heterocycles. The SMILES string of the molecule is CCC1CC[C@@H]2O[C@@H]([C@H](/C=C/I)O[Si](C)(C)C(C)(C)C)[C@@H](O[Si](C)(C)C(C)(C)C)[C@@H](O[Si](C)(C)C(C)(C)C)[C@H]2O1.O=C=O. The van der Waals surface area contributed by atoms with Gasteiger partial charge in [0.1, 0.15) is 24.4 Å². The first-order chi connectivity index (χ1) is 19.3. The molecule has 2 aliphatic rings. The fourth-order valence-corrected chi connectivity index (χ4v) is 8.91. The van der Waals surface area contributed by atoms with Crippen LogP contribution >= 0.6 is 22.6 Å². The van der Waals surface area contributed by atoms with E-state index in [2.05, 4.69) is 141 Å². The van der Waals surface area contributed by atoms with Gasteiger partial charge in [0.2, 0.25) is 0 Å². The molecule has 0 amide bonds. The van der Waals surface area contributed by atoms with Crippen LogP contribution in [0.4, 0.5) is 0 Å². The first-order valence-electron chi connectivity index (χ1n) is 15.9. The molecule has 2 fully saturated rings. The minimum atomic E-state index is -2.21. The summed E-state index contributed by atoms with van der Waals surface area (Å²) in [6.07, 6.45) is 4.51. The van der Waals surface area contributed by atoms with Gasteiger partial charge in [-0.1, -0.05) is 91.8 Å². The van der Waals surface area contributed by atoms with E-state index in [-0.39, 0.29) is 64.0 Å². The van der Waals surface area contributed by atoms with E-state index < -0.39 is 25.0 Å². The highest BCUT2D eigenvalue weighted by atomic mass is 127. The molecule has 7 atom stereocenters. The van der Waals surface area contributed by atoms with Crippen molar-refractivity contribution in [2.24, 2.45) is 0 Å². The molecule has 0 saturated carbocycles. The third-order valence-corrected chi connectivity index (χ3v) is 24.4. The topological polar surface area (TPSA) is 80.3 Å². The summed E-state index contributed by atoms with van der Waals surface area (Å²) in [5.41, 5.74) is 0. The van der Waals surface area contributed by atoms with E-state index in [9.17, 15) is 0 Å². The van der Waals surface area contributed by atoms with Crippen LogP contribution in [-0.2, 0) is 32.3 Å². The molecule has 252 valence electrons. The quantitative estimate of drug-likeness (QED) is 0.171. The molecule has 0 radical (unpaired) electrons. The molecule has 0 aliphatic carbocycles. The van der Waals surface area contributed by atoms with Crippen molar-refractivity contribution in [1.29, 1.82) is 0 Å². The Kier molecular flexibility index (Phi) is 14.9. The fourth-order valence-electron chi connectivity index (χ4n) is 4.65. The van der Waals surface area contributed by atoms with Crippen LogP contribution in [0.3, 0.4) is 0 Å². The smallest absolute Gasteiger partial charge is 0.373 e. The molecule has 0 N–H and O–H groups in total. The van der Waals surface area contributed by atoms with Crippen LogP contribution in [0.2, 0.25) is 54.4 Å². The van der Waals surface area contributed by atoms with Gasteiger partial charge in [0.15, 0.2) is 25.0 Å². The second kappa shape index (κ2) is 15.5. The van der Waals surface area contributed by atoms with Gasteiger partial charge in [0.05, 0.1) is 18.3 Å². The minimum Gasteiger partial charge on any atom is -0.408 e. The fraction of sp³-hybridized carbons (Fsp3) is 0.906. The van der Waals surface area contributed by atoms with Gasteiger partial charge < -0.3 is 22.8 Å². The summed E-state index contributed by atoms with van der Waals surface area (Å²) in [6.45, 7) is 37.0. The standard InChI is InChI=1S/C31H63IO5Si3.CO2/c1-17-22-18-19-23-25(33-22)27(36-39(13,14)30(5,6)7)28(37-40(15,16)31(8,9)10)26(34-23)24(20-21-32)35-38(11,12)29(2,3)4;2-1-3/h20-28H,17-19H2,1-16H3;/b21-20+;/t22?,23-,24-,25-,26-,27-,28+;/m0./s1. The Morgan fingerprint density at radius 1 is 0.791 bits per heavy atom. The van der Waals surface area contributed by atoms with Gasteiger partial charge in [-0.25, -0.2) is 0 Å². The van der Waals surface area contributed by atoms with Gasteiger partial charge in [0.25, 0.3) is 0 Å². The number of hydrogen-bond donors (Lipinski definition) is 0. The average Bonchev–Trinajstić information content (AvgIpc) is 2.82. The Bertz CT molecular complexity index is 944. The van der Waals surface area contributed by atoms with Crippen LogP contribution in [0.1, 0.15) is 88.5 Å². The van der Waals surface area contributed by atoms with Crippen LogP contribution in [0.5, 0.6) is 0 Å². The van der Waals surface area contributed by atoms with E-state index in [1.54, 1.807) is 0 Å². The van der Waals surface area contributed by atoms with Crippen molar-refractivity contribution < 1.29 is 32.3 Å². The zero-order valence-corrected chi connectivity index (χ0v) is 35.2. The predicted octanol–water partition coefficient (Wildman–Crippen LogP) is 9.25. The normalized spacial score (nSPS) is 28.5. The lowest BCUT2D eigenvalue weighted by Gasteiger charge is -2.56. The highest BCUT2D eigenvalue weighted by molar-refractivity contribution is 14.1. The first-order valence-corrected chi connectivity index (χ1v) is 25.9. The van der Waals surface area contributed by atoms with Crippen molar-refractivity contribution in [3.8, 4) is 0 Å². The molecule has 2 rings (SSSR count). The Hall–Kier alpha value is 0.301. The van der Waals surface area contributed by atoms with Gasteiger partial charge in [-0.3, -0.25) is 0 Å². The lowest BCUT2D eigenvalue weighted by atomic mass is 9.87. The zero-order valence-electron chi connectivity index (χ0n) is 30.1. The summed E-state index contributed by atoms with van der Waals surface area (Å²) in [5, 5.41) is 0.191. The molecule has 0 aromatic carbocycles. The van der Waals surface area contributed by atoms with Crippen LogP contribution in [0.15, 0.2) is 10.2 Å². The van der Waals surface area contributed by atoms with Gasteiger partial charge in [-0.05, 0) is 83.8 Å². The maximum atomic E-state index is 8.12. The second-order valence-electron chi connectivity index (χ2n) is 16.8. The summed E-state index contributed by atoms with van der Waals surface area (Å²) in [7, 11) is -6.50. The maximum absolute atomic E-state index is 8.12. The van der Waals surface area contributed by atoms with Crippen molar-refractivity contribution in [3.05, 3.63) is 10.2 Å². The van der Waals surface area contributed by atoms with Crippen molar-refractivity contribution in [3.63, 3.8) is 0 Å². The third-order valence-electron chi connectivity index (χ3n) is 10.5. The largest absolute Gasteiger partial charge is 0.408 e. The number of hydrogen-bond acceptors (Lipinski definition) is 7. The van der Waals surface area contributed by atoms with E-state index in [1.807, 2.05) is 0 Å². The highest BCUT2D eigenvalue weighted by Gasteiger charge is 2.57. The van der Waals surface area contributed by atoms with E-state index in [0.29, 0.717) is 0 Å². The first kappa shape index (κ1) is 41.3. The Morgan fingerprint density at radius 3 is 1.63 bits per heavy atom. The van der Waals surface area contributed by atoms with Crippen LogP contribution in [0, 0.1) is 0 Å². The van der Waals surface area contributed by atoms with Crippen molar-refractivity contribution in [2.45, 2.75) is 186 Å². The number of fused-ring (bicyclic) bond motifs is 1. The molecule has 0 aromatic rings. The maximum Gasteiger partial charge on any atom is 0.373 e. The lowest BCUT2D eigenvalue weighted by molar-refractivity contribution is -0.266. The molecule has 0 aromatic heterocycles. The summed E-state index contributed by atoms with van der Waals surface area (Å²) < 4.78 is 38.0. The molecule has 0 spiro atoms. The lowest BCUT2D eigenvalue weighted by Crippen LogP contribution is -2.69. The zero-order chi connectivity index (χ0) is 33.8. The van der Waals surface area contributed by atoms with Gasteiger partial charge >= 0.3 is 6.15 Å². The van der Waals surface area contributed by atoms with Gasteiger partial charge in [-0.15, -0.1) is 0 Å². The number of ether oxygens (including phenoxy) is 2. The van der Waals surface area contributed by atoms with Gasteiger partial charge in [-0.2, -0.15) is 9.59 Å². The van der Waals surface area contributed by atoms with E-state index in [4.69, 9.17) is 32.3 Å². The Labute approximate surface area is 280 Å². The van der Waals surface area contributed by atoms with Crippen LogP contribution in [-0.4, -0.2) is 73.8 Å². The summed E-state index contributed by atoms with van der Waals surface area (Å²) in [5.74, 6) is 0.